The van der Waals surface area contributed by atoms with Gasteiger partial charge in [0.15, 0.2) is 0 Å². The molecule has 1 aromatic carbocycles. The molecule has 0 saturated heterocycles. The smallest absolute Gasteiger partial charge is 0.214 e. The standard InChI is InChI=1S/C11H13NO2/c1-8-9(2)14-11-6-4-3-5-10(11)12(8)7-13/h3-9H,1-2H3. The highest BCUT2D eigenvalue weighted by atomic mass is 16.5. The van der Waals surface area contributed by atoms with Crippen molar-refractivity contribution in [2.45, 2.75) is 26.0 Å². The van der Waals surface area contributed by atoms with E-state index in [1.807, 2.05) is 38.1 Å². The van der Waals surface area contributed by atoms with Gasteiger partial charge in [-0.2, -0.15) is 0 Å². The number of ether oxygens (including phenoxy) is 1. The molecule has 0 N–H and O–H groups in total. The molecule has 3 heteroatoms. The van der Waals surface area contributed by atoms with Crippen LogP contribution in [0.3, 0.4) is 0 Å². The number of carbonyl (C=O) groups is 1. The average molecular weight is 191 g/mol. The molecule has 2 unspecified atom stereocenters. The summed E-state index contributed by atoms with van der Waals surface area (Å²) >= 11 is 0. The van der Waals surface area contributed by atoms with E-state index in [4.69, 9.17) is 4.74 Å². The largest absolute Gasteiger partial charge is 0.486 e. The highest BCUT2D eigenvalue weighted by molar-refractivity contribution is 5.80. The maximum Gasteiger partial charge on any atom is 0.214 e. The Kier molecular flexibility index (Phi) is 2.15. The van der Waals surface area contributed by atoms with Crippen LogP contribution in [-0.2, 0) is 4.79 Å². The fourth-order valence-electron chi connectivity index (χ4n) is 1.67. The zero-order chi connectivity index (χ0) is 10.1. The number of hydrogen-bond donors (Lipinski definition) is 0. The zero-order valence-corrected chi connectivity index (χ0v) is 8.31. The molecule has 74 valence electrons. The van der Waals surface area contributed by atoms with Crippen molar-refractivity contribution in [3.05, 3.63) is 24.3 Å². The number of rotatable bonds is 1. The molecular formula is C11H13NO2. The predicted molar refractivity (Wildman–Crippen MR) is 54.5 cm³/mol. The number of carbonyl (C=O) groups excluding carboxylic acids is 1. The van der Waals surface area contributed by atoms with Gasteiger partial charge in [0.05, 0.1) is 11.7 Å². The van der Waals surface area contributed by atoms with Crippen LogP contribution >= 0.6 is 0 Å². The van der Waals surface area contributed by atoms with Crippen LogP contribution in [0.5, 0.6) is 5.75 Å². The van der Waals surface area contributed by atoms with Gasteiger partial charge in [-0.15, -0.1) is 0 Å². The maximum atomic E-state index is 10.9. The van der Waals surface area contributed by atoms with Gasteiger partial charge >= 0.3 is 0 Å². The van der Waals surface area contributed by atoms with Crippen LogP contribution in [0.2, 0.25) is 0 Å². The van der Waals surface area contributed by atoms with Gasteiger partial charge in [0.25, 0.3) is 0 Å². The van der Waals surface area contributed by atoms with Gasteiger partial charge in [-0.25, -0.2) is 0 Å². The number of hydrogen-bond acceptors (Lipinski definition) is 2. The Bertz CT molecular complexity index is 351. The van der Waals surface area contributed by atoms with Crippen LogP contribution in [-0.4, -0.2) is 18.6 Å². The first-order valence-electron chi connectivity index (χ1n) is 4.73. The van der Waals surface area contributed by atoms with Gasteiger partial charge in [-0.1, -0.05) is 12.1 Å². The topological polar surface area (TPSA) is 29.5 Å². The monoisotopic (exact) mass is 191 g/mol. The fraction of sp³-hybridized carbons (Fsp3) is 0.364. The van der Waals surface area contributed by atoms with Crippen molar-refractivity contribution in [1.29, 1.82) is 0 Å². The molecule has 0 aliphatic carbocycles. The molecule has 3 nitrogen and oxygen atoms in total. The van der Waals surface area contributed by atoms with E-state index in [0.29, 0.717) is 0 Å². The van der Waals surface area contributed by atoms with E-state index in [9.17, 15) is 4.79 Å². The number of fused-ring (bicyclic) bond motifs is 1. The van der Waals surface area contributed by atoms with Crippen molar-refractivity contribution in [2.75, 3.05) is 4.90 Å². The molecule has 2 atom stereocenters. The van der Waals surface area contributed by atoms with E-state index in [-0.39, 0.29) is 12.1 Å². The van der Waals surface area contributed by atoms with E-state index in [1.165, 1.54) is 0 Å². The van der Waals surface area contributed by atoms with Gasteiger partial charge < -0.3 is 9.64 Å². The summed E-state index contributed by atoms with van der Waals surface area (Å²) in [6, 6.07) is 7.68. The highest BCUT2D eigenvalue weighted by Crippen LogP contribution is 2.34. The zero-order valence-electron chi connectivity index (χ0n) is 8.31. The first-order valence-corrected chi connectivity index (χ1v) is 4.73. The van der Waals surface area contributed by atoms with E-state index >= 15 is 0 Å². The summed E-state index contributed by atoms with van der Waals surface area (Å²) in [7, 11) is 0. The second-order valence-corrected chi connectivity index (χ2v) is 3.54. The Hall–Kier alpha value is -1.51. The molecule has 1 amide bonds. The molecule has 1 aliphatic rings. The molecule has 0 aromatic heterocycles. The fourth-order valence-corrected chi connectivity index (χ4v) is 1.67. The molecule has 0 fully saturated rings. The normalized spacial score (nSPS) is 25.1. The second-order valence-electron chi connectivity index (χ2n) is 3.54. The third-order valence-electron chi connectivity index (χ3n) is 2.69. The van der Waals surface area contributed by atoms with Crippen LogP contribution in [0, 0.1) is 0 Å². The maximum absolute atomic E-state index is 10.9. The highest BCUT2D eigenvalue weighted by Gasteiger charge is 2.29. The second kappa shape index (κ2) is 3.33. The Morgan fingerprint density at radius 1 is 1.36 bits per heavy atom. The molecule has 0 saturated carbocycles. The molecule has 1 heterocycles. The molecule has 0 radical (unpaired) electrons. The van der Waals surface area contributed by atoms with Crippen molar-refractivity contribution < 1.29 is 9.53 Å². The lowest BCUT2D eigenvalue weighted by atomic mass is 10.1. The van der Waals surface area contributed by atoms with Gasteiger partial charge in [-0.05, 0) is 26.0 Å². The predicted octanol–water partition coefficient (Wildman–Crippen LogP) is 1.82. The molecule has 14 heavy (non-hydrogen) atoms. The van der Waals surface area contributed by atoms with Crippen molar-refractivity contribution in [3.8, 4) is 5.75 Å². The Labute approximate surface area is 83.3 Å². The number of para-hydroxylation sites is 2. The summed E-state index contributed by atoms with van der Waals surface area (Å²) in [5.41, 5.74) is 0.855. The van der Waals surface area contributed by atoms with Crippen molar-refractivity contribution >= 4 is 12.1 Å². The summed E-state index contributed by atoms with van der Waals surface area (Å²) in [5.74, 6) is 0.783. The third-order valence-corrected chi connectivity index (χ3v) is 2.69. The summed E-state index contributed by atoms with van der Waals surface area (Å²) < 4.78 is 5.68. The summed E-state index contributed by atoms with van der Waals surface area (Å²) in [6.45, 7) is 3.95. The minimum atomic E-state index is 0.0371. The summed E-state index contributed by atoms with van der Waals surface area (Å²) in [5, 5.41) is 0. The average Bonchev–Trinajstić information content (AvgIpc) is 2.20. The Morgan fingerprint density at radius 3 is 2.79 bits per heavy atom. The minimum Gasteiger partial charge on any atom is -0.486 e. The van der Waals surface area contributed by atoms with Gasteiger partial charge in [-0.3, -0.25) is 4.79 Å². The van der Waals surface area contributed by atoms with Crippen LogP contribution in [0.15, 0.2) is 24.3 Å². The number of benzene rings is 1. The number of anilines is 1. The number of nitrogens with zero attached hydrogens (tertiary/aromatic N) is 1. The van der Waals surface area contributed by atoms with Crippen molar-refractivity contribution in [1.82, 2.24) is 0 Å². The lowest BCUT2D eigenvalue weighted by molar-refractivity contribution is -0.108. The molecule has 1 aromatic rings. The minimum absolute atomic E-state index is 0.0371. The first-order chi connectivity index (χ1) is 6.74. The molecule has 0 bridgehead atoms. The van der Waals surface area contributed by atoms with Gasteiger partial charge in [0, 0.05) is 0 Å². The van der Waals surface area contributed by atoms with E-state index < -0.39 is 0 Å². The van der Waals surface area contributed by atoms with Gasteiger partial charge in [0.1, 0.15) is 11.9 Å². The third kappa shape index (κ3) is 1.25. The molecule has 2 rings (SSSR count). The molecule has 0 spiro atoms. The van der Waals surface area contributed by atoms with E-state index in [1.54, 1.807) is 4.90 Å². The first kappa shape index (κ1) is 9.06. The summed E-state index contributed by atoms with van der Waals surface area (Å²) in [4.78, 5) is 12.7. The van der Waals surface area contributed by atoms with Crippen LogP contribution in [0.1, 0.15) is 13.8 Å². The lowest BCUT2D eigenvalue weighted by Crippen LogP contribution is -2.45. The van der Waals surface area contributed by atoms with Crippen LogP contribution in [0.25, 0.3) is 0 Å². The lowest BCUT2D eigenvalue weighted by Gasteiger charge is -2.36. The van der Waals surface area contributed by atoms with E-state index in [2.05, 4.69) is 0 Å². The summed E-state index contributed by atoms with van der Waals surface area (Å²) in [6.07, 6.45) is 0.901. The van der Waals surface area contributed by atoms with Gasteiger partial charge in [0.2, 0.25) is 6.41 Å². The van der Waals surface area contributed by atoms with Crippen LogP contribution < -0.4 is 9.64 Å². The quantitative estimate of drug-likeness (QED) is 0.634. The van der Waals surface area contributed by atoms with Crippen molar-refractivity contribution in [2.24, 2.45) is 0 Å². The molecular weight excluding hydrogens is 178 g/mol. The SMILES string of the molecule is CC1Oc2ccccc2N(C=O)C1C. The number of amides is 1. The van der Waals surface area contributed by atoms with Crippen LogP contribution in [0.4, 0.5) is 5.69 Å². The molecule has 1 aliphatic heterocycles. The Balaban J connectivity index is 2.47. The van der Waals surface area contributed by atoms with Crippen molar-refractivity contribution in [3.63, 3.8) is 0 Å². The van der Waals surface area contributed by atoms with E-state index in [0.717, 1.165) is 17.8 Å². The Morgan fingerprint density at radius 2 is 2.07 bits per heavy atom.